The summed E-state index contributed by atoms with van der Waals surface area (Å²) in [5.41, 5.74) is 8.10. The molecular formula is C11H16N4O4. The summed E-state index contributed by atoms with van der Waals surface area (Å²) in [6.07, 6.45) is 0. The fourth-order valence-electron chi connectivity index (χ4n) is 1.30. The maximum atomic E-state index is 11.1. The van der Waals surface area contributed by atoms with E-state index in [1.807, 2.05) is 5.48 Å². The van der Waals surface area contributed by atoms with Gasteiger partial charge in [0, 0.05) is 6.07 Å². The van der Waals surface area contributed by atoms with Crippen molar-refractivity contribution in [1.29, 1.82) is 0 Å². The van der Waals surface area contributed by atoms with Gasteiger partial charge in [0.15, 0.2) is 11.5 Å². The second-order valence-corrected chi connectivity index (χ2v) is 3.30. The van der Waals surface area contributed by atoms with E-state index >= 15 is 0 Å². The van der Waals surface area contributed by atoms with Crippen LogP contribution in [-0.4, -0.2) is 33.3 Å². The summed E-state index contributed by atoms with van der Waals surface area (Å²) < 4.78 is 10.2. The lowest BCUT2D eigenvalue weighted by molar-refractivity contribution is 0.110. The summed E-state index contributed by atoms with van der Waals surface area (Å²) in [5.74, 6) is 1.00. The Morgan fingerprint density at radius 1 is 1.21 bits per heavy atom. The molecule has 1 aromatic carbocycles. The molecule has 0 heterocycles. The summed E-state index contributed by atoms with van der Waals surface area (Å²) in [6.45, 7) is 0. The zero-order valence-electron chi connectivity index (χ0n) is 10.9. The van der Waals surface area contributed by atoms with Crippen molar-refractivity contribution in [2.45, 2.75) is 0 Å². The molecule has 1 rings (SSSR count). The monoisotopic (exact) mass is 268 g/mol. The quantitative estimate of drug-likeness (QED) is 0.419. The largest absolute Gasteiger partial charge is 0.493 e. The molecular weight excluding hydrogens is 252 g/mol. The van der Waals surface area contributed by atoms with Crippen LogP contribution in [0.5, 0.6) is 11.5 Å². The number of nitrogens with one attached hydrogen (secondary N) is 2. The van der Waals surface area contributed by atoms with Crippen LogP contribution >= 0.6 is 0 Å². The summed E-state index contributed by atoms with van der Waals surface area (Å²) in [4.78, 5) is 19.5. The lowest BCUT2D eigenvalue weighted by Gasteiger charge is -2.08. The Kier molecular flexibility index (Phi) is 5.42. The number of aliphatic imine (C=N–C) groups is 1. The van der Waals surface area contributed by atoms with Crippen molar-refractivity contribution in [1.82, 2.24) is 10.8 Å². The molecule has 8 heteroatoms. The number of hydrogen-bond acceptors (Lipinski definition) is 5. The van der Waals surface area contributed by atoms with Crippen molar-refractivity contribution in [3.8, 4) is 11.5 Å². The highest BCUT2D eigenvalue weighted by Gasteiger charge is 2.05. The van der Waals surface area contributed by atoms with E-state index in [9.17, 15) is 4.79 Å². The van der Waals surface area contributed by atoms with Gasteiger partial charge >= 0.3 is 6.03 Å². The highest BCUT2D eigenvalue weighted by molar-refractivity contribution is 5.96. The van der Waals surface area contributed by atoms with E-state index in [0.29, 0.717) is 17.2 Å². The SMILES string of the molecule is CONC(=O)NC(N)=Nc1ccc(OC)c(OC)c1. The zero-order valence-corrected chi connectivity index (χ0v) is 10.9. The molecule has 19 heavy (non-hydrogen) atoms. The van der Waals surface area contributed by atoms with Gasteiger partial charge in [-0.3, -0.25) is 10.2 Å². The molecule has 0 aliphatic carbocycles. The number of nitrogens with zero attached hydrogens (tertiary/aromatic N) is 1. The highest BCUT2D eigenvalue weighted by atomic mass is 16.6. The van der Waals surface area contributed by atoms with E-state index in [2.05, 4.69) is 15.1 Å². The smallest absolute Gasteiger partial charge is 0.345 e. The van der Waals surface area contributed by atoms with Crippen LogP contribution in [-0.2, 0) is 4.84 Å². The molecule has 104 valence electrons. The molecule has 1 aromatic rings. The number of hydrogen-bond donors (Lipinski definition) is 3. The number of ether oxygens (including phenoxy) is 2. The summed E-state index contributed by atoms with van der Waals surface area (Å²) in [6, 6.07) is 4.36. The van der Waals surface area contributed by atoms with Gasteiger partial charge in [0.2, 0.25) is 5.96 Å². The van der Waals surface area contributed by atoms with Gasteiger partial charge in [0.1, 0.15) is 0 Å². The van der Waals surface area contributed by atoms with Crippen molar-refractivity contribution >= 4 is 17.7 Å². The normalized spacial score (nSPS) is 10.8. The van der Waals surface area contributed by atoms with Crippen LogP contribution in [0.1, 0.15) is 0 Å². The third-order valence-corrected chi connectivity index (χ3v) is 2.05. The number of benzene rings is 1. The van der Waals surface area contributed by atoms with E-state index in [0.717, 1.165) is 0 Å². The van der Waals surface area contributed by atoms with Crippen molar-refractivity contribution in [3.05, 3.63) is 18.2 Å². The molecule has 0 bridgehead atoms. The molecule has 0 atom stereocenters. The van der Waals surface area contributed by atoms with E-state index in [4.69, 9.17) is 15.2 Å². The van der Waals surface area contributed by atoms with Crippen molar-refractivity contribution in [2.75, 3.05) is 21.3 Å². The summed E-state index contributed by atoms with van der Waals surface area (Å²) >= 11 is 0. The first kappa shape index (κ1) is 14.6. The molecule has 0 saturated carbocycles. The number of carbonyl (C=O) groups is 1. The minimum Gasteiger partial charge on any atom is -0.493 e. The van der Waals surface area contributed by atoms with Gasteiger partial charge in [0.25, 0.3) is 0 Å². The molecule has 4 N–H and O–H groups in total. The number of nitrogens with two attached hydrogens (primary N) is 1. The van der Waals surface area contributed by atoms with Gasteiger partial charge < -0.3 is 15.2 Å². The number of methoxy groups -OCH3 is 2. The first-order valence-electron chi connectivity index (χ1n) is 5.27. The first-order valence-corrected chi connectivity index (χ1v) is 5.27. The molecule has 0 fully saturated rings. The predicted molar refractivity (Wildman–Crippen MR) is 69.5 cm³/mol. The predicted octanol–water partition coefficient (Wildman–Crippen LogP) is 0.511. The van der Waals surface area contributed by atoms with Crippen molar-refractivity contribution in [2.24, 2.45) is 10.7 Å². The van der Waals surface area contributed by atoms with Crippen LogP contribution in [0.4, 0.5) is 10.5 Å². The number of urea groups is 1. The zero-order chi connectivity index (χ0) is 14.3. The molecule has 0 aliphatic rings. The molecule has 0 saturated heterocycles. The number of carbonyl (C=O) groups excluding carboxylic acids is 1. The first-order chi connectivity index (χ1) is 9.10. The molecule has 0 aliphatic heterocycles. The average Bonchev–Trinajstić information content (AvgIpc) is 2.38. The number of hydroxylamine groups is 1. The third kappa shape index (κ3) is 4.36. The lowest BCUT2D eigenvalue weighted by Crippen LogP contribution is -2.42. The minimum atomic E-state index is -0.621. The van der Waals surface area contributed by atoms with E-state index in [1.165, 1.54) is 21.3 Å². The third-order valence-electron chi connectivity index (χ3n) is 2.05. The summed E-state index contributed by atoms with van der Waals surface area (Å²) in [7, 11) is 4.35. The fraction of sp³-hybridized carbons (Fsp3) is 0.273. The van der Waals surface area contributed by atoms with Crippen LogP contribution < -0.4 is 26.0 Å². The Morgan fingerprint density at radius 2 is 1.89 bits per heavy atom. The Bertz CT molecular complexity index is 476. The number of rotatable bonds is 4. The van der Waals surface area contributed by atoms with E-state index < -0.39 is 6.03 Å². The van der Waals surface area contributed by atoms with Crippen LogP contribution in [0.25, 0.3) is 0 Å². The van der Waals surface area contributed by atoms with Gasteiger partial charge in [-0.05, 0) is 12.1 Å². The van der Waals surface area contributed by atoms with Crippen LogP contribution in [0, 0.1) is 0 Å². The van der Waals surface area contributed by atoms with Crippen molar-refractivity contribution < 1.29 is 19.1 Å². The Balaban J connectivity index is 2.83. The van der Waals surface area contributed by atoms with Crippen LogP contribution in [0.3, 0.4) is 0 Å². The van der Waals surface area contributed by atoms with Crippen LogP contribution in [0.15, 0.2) is 23.2 Å². The van der Waals surface area contributed by atoms with Gasteiger partial charge in [0.05, 0.1) is 27.0 Å². The molecule has 8 nitrogen and oxygen atoms in total. The molecule has 0 aromatic heterocycles. The van der Waals surface area contributed by atoms with E-state index in [-0.39, 0.29) is 5.96 Å². The van der Waals surface area contributed by atoms with Crippen molar-refractivity contribution in [3.63, 3.8) is 0 Å². The van der Waals surface area contributed by atoms with Gasteiger partial charge in [-0.25, -0.2) is 15.3 Å². The maximum absolute atomic E-state index is 11.1. The number of guanidine groups is 1. The van der Waals surface area contributed by atoms with Gasteiger partial charge in [-0.2, -0.15) is 0 Å². The molecule has 2 amide bonds. The number of amides is 2. The Labute approximate surface area is 110 Å². The lowest BCUT2D eigenvalue weighted by atomic mass is 10.3. The Morgan fingerprint density at radius 3 is 2.47 bits per heavy atom. The molecule has 0 radical (unpaired) electrons. The fourth-order valence-corrected chi connectivity index (χ4v) is 1.30. The van der Waals surface area contributed by atoms with Crippen LogP contribution in [0.2, 0.25) is 0 Å². The minimum absolute atomic E-state index is 0.0817. The average molecular weight is 268 g/mol. The standard InChI is InChI=1S/C11H16N4O4/c1-17-8-5-4-7(6-9(8)18-2)13-10(12)14-11(16)15-19-3/h4-6H,1-3H3,(H4,12,13,14,15,16). The summed E-state index contributed by atoms with van der Waals surface area (Å²) in [5, 5.41) is 2.28. The second kappa shape index (κ2) is 7.07. The maximum Gasteiger partial charge on any atom is 0.345 e. The topological polar surface area (TPSA) is 107 Å². The second-order valence-electron chi connectivity index (χ2n) is 3.30. The van der Waals surface area contributed by atoms with Gasteiger partial charge in [-0.1, -0.05) is 0 Å². The molecule has 0 unspecified atom stereocenters. The van der Waals surface area contributed by atoms with Gasteiger partial charge in [-0.15, -0.1) is 0 Å². The van der Waals surface area contributed by atoms with E-state index in [1.54, 1.807) is 18.2 Å². The molecule has 0 spiro atoms. The Hall–Kier alpha value is -2.48. The highest BCUT2D eigenvalue weighted by Crippen LogP contribution is 2.30.